The molecule has 1 atom stereocenters. The van der Waals surface area contributed by atoms with Gasteiger partial charge in [-0.25, -0.2) is 0 Å². The summed E-state index contributed by atoms with van der Waals surface area (Å²) in [5.41, 5.74) is 4.51. The van der Waals surface area contributed by atoms with Gasteiger partial charge in [0.05, 0.1) is 6.10 Å². The van der Waals surface area contributed by atoms with Crippen LogP contribution in [0.15, 0.2) is 60.7 Å². The normalized spacial score (nSPS) is 12.7. The molecule has 3 aromatic carbocycles. The molecular weight excluding hydrogens is 294 g/mol. The zero-order valence-electron chi connectivity index (χ0n) is 14.4. The first-order valence-electron chi connectivity index (χ1n) is 8.20. The molecule has 2 nitrogen and oxygen atoms in total. The lowest BCUT2D eigenvalue weighted by Crippen LogP contribution is -2.07. The van der Waals surface area contributed by atoms with Gasteiger partial charge in [-0.05, 0) is 58.7 Å². The highest BCUT2D eigenvalue weighted by Crippen LogP contribution is 2.22. The van der Waals surface area contributed by atoms with Gasteiger partial charge >= 0.3 is 0 Å². The van der Waals surface area contributed by atoms with Crippen LogP contribution >= 0.6 is 0 Å². The van der Waals surface area contributed by atoms with Crippen LogP contribution in [0.2, 0.25) is 0 Å². The smallest absolute Gasteiger partial charge is 0.0762 e. The summed E-state index contributed by atoms with van der Waals surface area (Å²) >= 11 is 0. The van der Waals surface area contributed by atoms with Gasteiger partial charge in [0.15, 0.2) is 0 Å². The van der Waals surface area contributed by atoms with Crippen molar-refractivity contribution in [2.75, 3.05) is 19.0 Å². The van der Waals surface area contributed by atoms with E-state index >= 15 is 0 Å². The predicted molar refractivity (Wildman–Crippen MR) is 104 cm³/mol. The second kappa shape index (κ2) is 6.90. The van der Waals surface area contributed by atoms with Gasteiger partial charge in [0, 0.05) is 19.8 Å². The van der Waals surface area contributed by atoms with Gasteiger partial charge in [-0.15, -0.1) is 0 Å². The number of anilines is 1. The molecule has 0 amide bonds. The average Bonchev–Trinajstić information content (AvgIpc) is 2.59. The molecule has 2 heteroatoms. The highest BCUT2D eigenvalue weighted by Gasteiger charge is 2.02. The van der Waals surface area contributed by atoms with Gasteiger partial charge < -0.3 is 10.0 Å². The van der Waals surface area contributed by atoms with Crippen LogP contribution in [0, 0.1) is 0 Å². The molecule has 1 unspecified atom stereocenters. The molecule has 3 rings (SSSR count). The Balaban J connectivity index is 1.83. The Morgan fingerprint density at radius 3 is 2.04 bits per heavy atom. The van der Waals surface area contributed by atoms with E-state index in [0.717, 1.165) is 10.9 Å². The highest BCUT2D eigenvalue weighted by atomic mass is 16.3. The zero-order chi connectivity index (χ0) is 17.1. The van der Waals surface area contributed by atoms with E-state index < -0.39 is 6.10 Å². The summed E-state index contributed by atoms with van der Waals surface area (Å²) in [5, 5.41) is 12.0. The van der Waals surface area contributed by atoms with Crippen LogP contribution in [0.4, 0.5) is 5.69 Å². The van der Waals surface area contributed by atoms with Gasteiger partial charge in [0.1, 0.15) is 0 Å². The fourth-order valence-electron chi connectivity index (χ4n) is 2.72. The van der Waals surface area contributed by atoms with E-state index in [4.69, 9.17) is 0 Å². The standard InChI is InChI=1S/C22H23NO/c1-16(24)19-10-11-20-14-18(6-9-21(20)15-19)5-4-17-7-12-22(13-8-17)23(2)3/h4-16,24H,1-3H3. The van der Waals surface area contributed by atoms with E-state index in [0.29, 0.717) is 0 Å². The summed E-state index contributed by atoms with van der Waals surface area (Å²) in [6, 6.07) is 21.0. The van der Waals surface area contributed by atoms with Crippen LogP contribution in [0.5, 0.6) is 0 Å². The fourth-order valence-corrected chi connectivity index (χ4v) is 2.72. The second-order valence-corrected chi connectivity index (χ2v) is 6.36. The van der Waals surface area contributed by atoms with Crippen molar-refractivity contribution in [3.8, 4) is 0 Å². The molecule has 122 valence electrons. The number of nitrogens with zero attached hydrogens (tertiary/aromatic N) is 1. The maximum absolute atomic E-state index is 9.69. The van der Waals surface area contributed by atoms with Gasteiger partial charge in [-0.1, -0.05) is 48.6 Å². The van der Waals surface area contributed by atoms with E-state index in [-0.39, 0.29) is 0 Å². The first kappa shape index (κ1) is 16.3. The number of hydrogen-bond donors (Lipinski definition) is 1. The topological polar surface area (TPSA) is 23.5 Å². The van der Waals surface area contributed by atoms with Crippen molar-refractivity contribution >= 4 is 28.6 Å². The van der Waals surface area contributed by atoms with Crippen molar-refractivity contribution < 1.29 is 5.11 Å². The molecule has 0 aliphatic heterocycles. The summed E-state index contributed by atoms with van der Waals surface area (Å²) in [4.78, 5) is 2.10. The molecule has 0 spiro atoms. The van der Waals surface area contributed by atoms with Gasteiger partial charge in [-0.2, -0.15) is 0 Å². The molecule has 0 fully saturated rings. The summed E-state index contributed by atoms with van der Waals surface area (Å²) in [5.74, 6) is 0. The van der Waals surface area contributed by atoms with Crippen LogP contribution in [-0.4, -0.2) is 19.2 Å². The highest BCUT2D eigenvalue weighted by molar-refractivity contribution is 5.86. The Kier molecular flexibility index (Phi) is 4.68. The van der Waals surface area contributed by atoms with E-state index in [1.54, 1.807) is 6.92 Å². The second-order valence-electron chi connectivity index (χ2n) is 6.36. The third-order valence-electron chi connectivity index (χ3n) is 4.25. The molecule has 0 bridgehead atoms. The number of aliphatic hydroxyl groups is 1. The van der Waals surface area contributed by atoms with Crippen molar-refractivity contribution in [1.29, 1.82) is 0 Å². The Labute approximate surface area is 143 Å². The van der Waals surface area contributed by atoms with Crippen LogP contribution < -0.4 is 4.90 Å². The summed E-state index contributed by atoms with van der Waals surface area (Å²) in [6.45, 7) is 1.79. The Morgan fingerprint density at radius 2 is 1.38 bits per heavy atom. The molecule has 0 aliphatic rings. The van der Waals surface area contributed by atoms with Crippen molar-refractivity contribution in [1.82, 2.24) is 0 Å². The van der Waals surface area contributed by atoms with E-state index in [1.807, 2.05) is 26.2 Å². The summed E-state index contributed by atoms with van der Waals surface area (Å²) < 4.78 is 0. The monoisotopic (exact) mass is 317 g/mol. The molecule has 0 radical (unpaired) electrons. The fraction of sp³-hybridized carbons (Fsp3) is 0.182. The van der Waals surface area contributed by atoms with Gasteiger partial charge in [-0.3, -0.25) is 0 Å². The predicted octanol–water partition coefficient (Wildman–Crippen LogP) is 5.13. The van der Waals surface area contributed by atoms with E-state index in [9.17, 15) is 5.11 Å². The third-order valence-corrected chi connectivity index (χ3v) is 4.25. The average molecular weight is 317 g/mol. The van der Waals surface area contributed by atoms with E-state index in [1.165, 1.54) is 22.2 Å². The SMILES string of the molecule is CC(O)c1ccc2cc(C=Cc3ccc(N(C)C)cc3)ccc2c1. The van der Waals surface area contributed by atoms with Gasteiger partial charge in [0.25, 0.3) is 0 Å². The molecule has 0 saturated heterocycles. The van der Waals surface area contributed by atoms with E-state index in [2.05, 4.69) is 65.6 Å². The quantitative estimate of drug-likeness (QED) is 0.674. The molecule has 0 aliphatic carbocycles. The van der Waals surface area contributed by atoms with Crippen LogP contribution in [-0.2, 0) is 0 Å². The molecule has 3 aromatic rings. The molecular formula is C22H23NO. The maximum atomic E-state index is 9.69. The van der Waals surface area contributed by atoms with Crippen molar-refractivity contribution in [2.24, 2.45) is 0 Å². The minimum atomic E-state index is -0.431. The lowest BCUT2D eigenvalue weighted by Gasteiger charge is -2.11. The minimum Gasteiger partial charge on any atom is -0.389 e. The molecule has 0 aromatic heterocycles. The van der Waals surface area contributed by atoms with Crippen LogP contribution in [0.25, 0.3) is 22.9 Å². The number of fused-ring (bicyclic) bond motifs is 1. The maximum Gasteiger partial charge on any atom is 0.0762 e. The van der Waals surface area contributed by atoms with Crippen molar-refractivity contribution in [3.05, 3.63) is 77.4 Å². The number of aliphatic hydroxyl groups excluding tert-OH is 1. The minimum absolute atomic E-state index is 0.431. The molecule has 0 heterocycles. The largest absolute Gasteiger partial charge is 0.389 e. The Bertz CT molecular complexity index is 861. The summed E-state index contributed by atoms with van der Waals surface area (Å²) in [6.07, 6.45) is 3.83. The molecule has 24 heavy (non-hydrogen) atoms. The first-order chi connectivity index (χ1) is 11.5. The lowest BCUT2D eigenvalue weighted by atomic mass is 10.0. The number of hydrogen-bond acceptors (Lipinski definition) is 2. The molecule has 0 saturated carbocycles. The lowest BCUT2D eigenvalue weighted by molar-refractivity contribution is 0.199. The Morgan fingerprint density at radius 1 is 0.792 bits per heavy atom. The number of benzene rings is 3. The number of rotatable bonds is 4. The van der Waals surface area contributed by atoms with Crippen LogP contribution in [0.1, 0.15) is 29.7 Å². The summed E-state index contributed by atoms with van der Waals surface area (Å²) in [7, 11) is 4.09. The third kappa shape index (κ3) is 3.66. The van der Waals surface area contributed by atoms with Gasteiger partial charge in [0.2, 0.25) is 0 Å². The van der Waals surface area contributed by atoms with Crippen LogP contribution in [0.3, 0.4) is 0 Å². The van der Waals surface area contributed by atoms with Crippen molar-refractivity contribution in [2.45, 2.75) is 13.0 Å². The zero-order valence-corrected chi connectivity index (χ0v) is 14.4. The molecule has 1 N–H and O–H groups in total. The Hall–Kier alpha value is -2.58. The van der Waals surface area contributed by atoms with Crippen molar-refractivity contribution in [3.63, 3.8) is 0 Å². The first-order valence-corrected chi connectivity index (χ1v) is 8.20.